The van der Waals surface area contributed by atoms with Gasteiger partial charge in [0.2, 0.25) is 5.91 Å². The molecule has 1 aliphatic rings. The minimum Gasteiger partial charge on any atom is -0.507 e. The Balaban J connectivity index is 1.30. The second-order valence-electron chi connectivity index (χ2n) is 9.51. The van der Waals surface area contributed by atoms with E-state index in [9.17, 15) is 14.7 Å². The number of hydrogen-bond acceptors (Lipinski definition) is 6. The third-order valence-electron chi connectivity index (χ3n) is 6.66. The number of benzene rings is 2. The van der Waals surface area contributed by atoms with Crippen molar-refractivity contribution in [2.45, 2.75) is 19.8 Å². The molecule has 2 amide bonds. The van der Waals surface area contributed by atoms with Crippen LogP contribution in [0.1, 0.15) is 30.1 Å². The van der Waals surface area contributed by atoms with Gasteiger partial charge in [-0.2, -0.15) is 9.61 Å². The van der Waals surface area contributed by atoms with Gasteiger partial charge in [0.05, 0.1) is 5.69 Å². The highest BCUT2D eigenvalue weighted by molar-refractivity contribution is 6.36. The average Bonchev–Trinajstić information content (AvgIpc) is 3.28. The zero-order valence-corrected chi connectivity index (χ0v) is 20.9. The molecule has 3 N–H and O–H groups in total. The lowest BCUT2D eigenvalue weighted by atomic mass is 9.97. The largest absolute Gasteiger partial charge is 0.507 e. The lowest BCUT2D eigenvalue weighted by molar-refractivity contribution is -0.114. The van der Waals surface area contributed by atoms with E-state index in [-0.39, 0.29) is 23.5 Å². The molecule has 9 nitrogen and oxygen atoms in total. The molecule has 2 aromatic heterocycles. The topological polar surface area (TPSA) is 112 Å². The number of phenols is 1. The van der Waals surface area contributed by atoms with Gasteiger partial charge in [0.1, 0.15) is 19.4 Å². The Kier molecular flexibility index (Phi) is 6.81. The monoisotopic (exact) mass is 496 g/mol. The normalized spacial score (nSPS) is 15.5. The second-order valence-corrected chi connectivity index (χ2v) is 9.51. The van der Waals surface area contributed by atoms with Gasteiger partial charge in [0, 0.05) is 55.6 Å². The van der Waals surface area contributed by atoms with Gasteiger partial charge in [-0.25, -0.2) is 4.98 Å². The molecule has 0 aliphatic carbocycles. The molecule has 0 bridgehead atoms. The Morgan fingerprint density at radius 2 is 1.95 bits per heavy atom. The van der Waals surface area contributed by atoms with Crippen LogP contribution >= 0.6 is 0 Å². The van der Waals surface area contributed by atoms with E-state index < -0.39 is 0 Å². The van der Waals surface area contributed by atoms with Crippen molar-refractivity contribution >= 4 is 42.3 Å². The summed E-state index contributed by atoms with van der Waals surface area (Å²) < 4.78 is 1.78. The van der Waals surface area contributed by atoms with Crippen LogP contribution in [-0.2, 0) is 4.79 Å². The highest BCUT2D eigenvalue weighted by atomic mass is 16.3. The van der Waals surface area contributed by atoms with Crippen molar-refractivity contribution in [2.75, 3.05) is 30.3 Å². The van der Waals surface area contributed by atoms with Gasteiger partial charge in [-0.3, -0.25) is 9.59 Å². The molecule has 1 aliphatic heterocycles. The number of likely N-dealkylation sites (tertiary alicyclic amines) is 1. The summed E-state index contributed by atoms with van der Waals surface area (Å²) in [6.07, 6.45) is 3.72. The number of piperidine rings is 1. The summed E-state index contributed by atoms with van der Waals surface area (Å²) in [4.78, 5) is 31.0. The van der Waals surface area contributed by atoms with Gasteiger partial charge in [0.25, 0.3) is 5.91 Å². The smallest absolute Gasteiger partial charge is 0.253 e. The predicted octanol–water partition coefficient (Wildman–Crippen LogP) is 2.28. The molecule has 5 rings (SSSR count). The number of nitrogens with zero attached hydrogens (tertiary/aromatic N) is 4. The van der Waals surface area contributed by atoms with Crippen molar-refractivity contribution in [3.63, 3.8) is 0 Å². The molecule has 1 fully saturated rings. The van der Waals surface area contributed by atoms with Crippen molar-refractivity contribution in [1.82, 2.24) is 19.5 Å². The Morgan fingerprint density at radius 1 is 1.16 bits per heavy atom. The number of amides is 2. The van der Waals surface area contributed by atoms with Crippen LogP contribution in [0, 0.1) is 5.92 Å². The van der Waals surface area contributed by atoms with E-state index in [1.807, 2.05) is 30.9 Å². The van der Waals surface area contributed by atoms with E-state index in [0.29, 0.717) is 35.6 Å². The Bertz CT molecular complexity index is 1450. The van der Waals surface area contributed by atoms with Crippen LogP contribution in [0.25, 0.3) is 16.9 Å². The number of fused-ring (bicyclic) bond motifs is 1. The Morgan fingerprint density at radius 3 is 2.70 bits per heavy atom. The van der Waals surface area contributed by atoms with Crippen molar-refractivity contribution in [3.8, 4) is 17.0 Å². The number of carbonyl (C=O) groups excluding carboxylic acids is 2. The maximum Gasteiger partial charge on any atom is 0.253 e. The molecule has 0 spiro atoms. The van der Waals surface area contributed by atoms with E-state index in [2.05, 4.69) is 15.7 Å². The number of hydrogen-bond donors (Lipinski definition) is 3. The maximum atomic E-state index is 13.1. The fourth-order valence-corrected chi connectivity index (χ4v) is 4.77. The third kappa shape index (κ3) is 5.28. The van der Waals surface area contributed by atoms with Gasteiger partial charge in [-0.15, -0.1) is 0 Å². The fraction of sp³-hybridized carbons (Fsp3) is 0.259. The molecule has 1 saturated heterocycles. The van der Waals surface area contributed by atoms with E-state index in [1.54, 1.807) is 47.1 Å². The summed E-state index contributed by atoms with van der Waals surface area (Å²) in [5.74, 6) is 1.08. The molecular weight excluding hydrogens is 467 g/mol. The number of nitrogens with one attached hydrogen (secondary N) is 2. The first-order valence-corrected chi connectivity index (χ1v) is 12.4. The van der Waals surface area contributed by atoms with Gasteiger partial charge in [-0.05, 0) is 60.6 Å². The lowest BCUT2D eigenvalue weighted by Crippen LogP contribution is -2.41. The van der Waals surface area contributed by atoms with Gasteiger partial charge < -0.3 is 20.6 Å². The van der Waals surface area contributed by atoms with Crippen LogP contribution < -0.4 is 16.1 Å². The quantitative estimate of drug-likeness (QED) is 0.353. The number of aromatic nitrogens is 3. The SMILES string of the molecule is Bc1cnn2c(NCC3CCCN(C(=O)c4ccc(NC(C)=O)cc4)C3)cc(-c3ccccc3O)nc12. The summed E-state index contributed by atoms with van der Waals surface area (Å²) >= 11 is 0. The number of aromatic hydroxyl groups is 1. The zero-order valence-electron chi connectivity index (χ0n) is 20.9. The summed E-state index contributed by atoms with van der Waals surface area (Å²) in [5, 5.41) is 21.1. The first-order valence-electron chi connectivity index (χ1n) is 12.4. The third-order valence-corrected chi connectivity index (χ3v) is 6.66. The van der Waals surface area contributed by atoms with Crippen LogP contribution in [0.3, 0.4) is 0 Å². The molecule has 0 radical (unpaired) electrons. The van der Waals surface area contributed by atoms with Crippen molar-refractivity contribution in [2.24, 2.45) is 5.92 Å². The Labute approximate surface area is 215 Å². The van der Waals surface area contributed by atoms with E-state index in [1.165, 1.54) is 6.92 Å². The number of phenolic OH excluding ortho intramolecular Hbond substituents is 1. The number of carbonyl (C=O) groups is 2. The van der Waals surface area contributed by atoms with E-state index >= 15 is 0 Å². The van der Waals surface area contributed by atoms with Gasteiger partial charge in [0.15, 0.2) is 5.65 Å². The lowest BCUT2D eigenvalue weighted by Gasteiger charge is -2.33. The minimum absolute atomic E-state index is 0.00471. The summed E-state index contributed by atoms with van der Waals surface area (Å²) in [5.41, 5.74) is 4.28. The van der Waals surface area contributed by atoms with Crippen LogP contribution in [0.4, 0.5) is 11.5 Å². The molecule has 4 aromatic rings. The average molecular weight is 496 g/mol. The standard InChI is InChI=1S/C27H29BN6O3/c1-17(35)31-20-10-8-19(9-11-20)27(37)33-12-4-5-18(16-33)14-29-25-13-23(21-6-2-3-7-24(21)36)32-26-22(28)15-30-34(25)26/h2-3,6-11,13,15,18,29,36H,4-5,12,14,16,28H2,1H3,(H,31,35). The number of anilines is 2. The van der Waals surface area contributed by atoms with Crippen LogP contribution in [-0.4, -0.2) is 63.9 Å². The van der Waals surface area contributed by atoms with Crippen LogP contribution in [0.5, 0.6) is 5.75 Å². The Hall–Kier alpha value is -4.34. The first-order chi connectivity index (χ1) is 17.9. The van der Waals surface area contributed by atoms with E-state index in [0.717, 1.165) is 36.3 Å². The molecule has 10 heteroatoms. The molecular formula is C27H29BN6O3. The highest BCUT2D eigenvalue weighted by Crippen LogP contribution is 2.29. The molecule has 1 atom stereocenters. The molecule has 2 aromatic carbocycles. The minimum atomic E-state index is -0.144. The molecule has 1 unspecified atom stereocenters. The van der Waals surface area contributed by atoms with Crippen molar-refractivity contribution in [1.29, 1.82) is 0 Å². The summed E-state index contributed by atoms with van der Waals surface area (Å²) in [7, 11) is 1.96. The summed E-state index contributed by atoms with van der Waals surface area (Å²) in [6, 6.07) is 16.1. The van der Waals surface area contributed by atoms with Crippen LogP contribution in [0.2, 0.25) is 0 Å². The van der Waals surface area contributed by atoms with Gasteiger partial charge in [-0.1, -0.05) is 12.1 Å². The van der Waals surface area contributed by atoms with Crippen LogP contribution in [0.15, 0.2) is 60.8 Å². The highest BCUT2D eigenvalue weighted by Gasteiger charge is 2.25. The maximum absolute atomic E-state index is 13.1. The number of rotatable bonds is 6. The summed E-state index contributed by atoms with van der Waals surface area (Å²) in [6.45, 7) is 3.50. The molecule has 188 valence electrons. The molecule has 37 heavy (non-hydrogen) atoms. The fourth-order valence-electron chi connectivity index (χ4n) is 4.77. The van der Waals surface area contributed by atoms with Crippen molar-refractivity contribution in [3.05, 3.63) is 66.4 Å². The predicted molar refractivity (Wildman–Crippen MR) is 146 cm³/mol. The van der Waals surface area contributed by atoms with E-state index in [4.69, 9.17) is 4.98 Å². The first kappa shape index (κ1) is 24.4. The zero-order chi connectivity index (χ0) is 25.9. The number of para-hydroxylation sites is 1. The van der Waals surface area contributed by atoms with Gasteiger partial charge >= 0.3 is 0 Å². The van der Waals surface area contributed by atoms with Crippen molar-refractivity contribution < 1.29 is 14.7 Å². The second kappa shape index (κ2) is 10.3. The molecule has 0 saturated carbocycles. The molecule has 3 heterocycles.